The Hall–Kier alpha value is -0.990. The van der Waals surface area contributed by atoms with Crippen LogP contribution in [0.5, 0.6) is 5.75 Å². The van der Waals surface area contributed by atoms with E-state index in [1.807, 2.05) is 4.68 Å². The zero-order valence-corrected chi connectivity index (χ0v) is 13.0. The summed E-state index contributed by atoms with van der Waals surface area (Å²) in [4.78, 5) is 0. The predicted octanol–water partition coefficient (Wildman–Crippen LogP) is 3.98. The minimum Gasteiger partial charge on any atom is -0.504 e. The quantitative estimate of drug-likeness (QED) is 0.883. The third kappa shape index (κ3) is 3.06. The molecule has 0 atom stereocenters. The summed E-state index contributed by atoms with van der Waals surface area (Å²) < 4.78 is 2.00. The number of nitrogens with zero attached hydrogens (tertiary/aromatic N) is 2. The molecule has 1 heterocycles. The van der Waals surface area contributed by atoms with Crippen molar-refractivity contribution in [2.45, 2.75) is 78.7 Å². The second-order valence-corrected chi connectivity index (χ2v) is 7.08. The van der Waals surface area contributed by atoms with Crippen molar-refractivity contribution in [2.75, 3.05) is 0 Å². The Morgan fingerprint density at radius 1 is 1.11 bits per heavy atom. The van der Waals surface area contributed by atoms with Crippen LogP contribution in [0, 0.1) is 0 Å². The molecule has 0 bridgehead atoms. The second kappa shape index (κ2) is 4.94. The van der Waals surface area contributed by atoms with E-state index in [0.29, 0.717) is 5.75 Å². The highest BCUT2D eigenvalue weighted by molar-refractivity contribution is 5.37. The highest BCUT2D eigenvalue weighted by Gasteiger charge is 2.29. The molecule has 0 aromatic carbocycles. The molecule has 0 unspecified atom stereocenters. The molecule has 104 valence electrons. The van der Waals surface area contributed by atoms with Crippen LogP contribution in [0.15, 0.2) is 0 Å². The van der Waals surface area contributed by atoms with Crippen molar-refractivity contribution in [2.24, 2.45) is 0 Å². The lowest BCUT2D eigenvalue weighted by molar-refractivity contribution is 0.334. The predicted molar refractivity (Wildman–Crippen MR) is 76.2 cm³/mol. The maximum atomic E-state index is 10.5. The average molecular weight is 252 g/mol. The van der Waals surface area contributed by atoms with Crippen molar-refractivity contribution in [1.82, 2.24) is 9.78 Å². The Morgan fingerprint density at radius 2 is 1.67 bits per heavy atom. The van der Waals surface area contributed by atoms with Crippen molar-refractivity contribution < 1.29 is 5.11 Å². The zero-order chi connectivity index (χ0) is 14.1. The molecule has 0 aliphatic rings. The van der Waals surface area contributed by atoms with E-state index >= 15 is 0 Å². The third-order valence-electron chi connectivity index (χ3n) is 3.07. The van der Waals surface area contributed by atoms with Crippen molar-refractivity contribution in [3.8, 4) is 5.75 Å². The Balaban J connectivity index is 3.32. The first-order chi connectivity index (χ1) is 8.09. The van der Waals surface area contributed by atoms with Crippen LogP contribution in [0.1, 0.15) is 72.7 Å². The molecule has 0 aliphatic carbocycles. The van der Waals surface area contributed by atoms with Crippen molar-refractivity contribution >= 4 is 0 Å². The van der Waals surface area contributed by atoms with Gasteiger partial charge in [-0.05, 0) is 33.6 Å². The van der Waals surface area contributed by atoms with Crippen LogP contribution >= 0.6 is 0 Å². The lowest BCUT2D eigenvalue weighted by atomic mass is 9.91. The molecular formula is C15H28N2O. The fourth-order valence-electron chi connectivity index (χ4n) is 2.07. The van der Waals surface area contributed by atoms with Crippen molar-refractivity contribution in [3.05, 3.63) is 11.4 Å². The van der Waals surface area contributed by atoms with E-state index in [1.165, 1.54) is 0 Å². The summed E-state index contributed by atoms with van der Waals surface area (Å²) in [6.45, 7) is 14.8. The monoisotopic (exact) mass is 252 g/mol. The average Bonchev–Trinajstić information content (AvgIpc) is 2.51. The van der Waals surface area contributed by atoms with E-state index < -0.39 is 0 Å². The lowest BCUT2D eigenvalue weighted by Crippen LogP contribution is -2.26. The molecule has 0 saturated carbocycles. The van der Waals surface area contributed by atoms with Gasteiger partial charge in [0.05, 0.1) is 11.2 Å². The van der Waals surface area contributed by atoms with Gasteiger partial charge in [-0.3, -0.25) is 4.68 Å². The molecule has 3 heteroatoms. The van der Waals surface area contributed by atoms with Gasteiger partial charge < -0.3 is 5.11 Å². The van der Waals surface area contributed by atoms with E-state index in [-0.39, 0.29) is 11.0 Å². The van der Waals surface area contributed by atoms with Crippen LogP contribution in [0.3, 0.4) is 0 Å². The van der Waals surface area contributed by atoms with Gasteiger partial charge in [-0.1, -0.05) is 34.1 Å². The van der Waals surface area contributed by atoms with Gasteiger partial charge in [-0.15, -0.1) is 0 Å². The van der Waals surface area contributed by atoms with E-state index in [0.717, 1.165) is 30.7 Å². The molecule has 0 aliphatic heterocycles. The van der Waals surface area contributed by atoms with Crippen LogP contribution in [0.4, 0.5) is 0 Å². The smallest absolute Gasteiger partial charge is 0.160 e. The van der Waals surface area contributed by atoms with Gasteiger partial charge in [0.1, 0.15) is 5.69 Å². The SMILES string of the molecule is CCCCc1c(O)c(C(C)(C)C)nn1C(C)(C)C. The highest BCUT2D eigenvalue weighted by Crippen LogP contribution is 2.35. The summed E-state index contributed by atoms with van der Waals surface area (Å²) in [5.74, 6) is 0.394. The normalized spacial score (nSPS) is 13.1. The van der Waals surface area contributed by atoms with Gasteiger partial charge in [-0.2, -0.15) is 5.10 Å². The standard InChI is InChI=1S/C15H28N2O/c1-8-9-10-11-12(18)13(14(2,3)4)16-17(11)15(5,6)7/h18H,8-10H2,1-7H3. The molecule has 1 rings (SSSR count). The number of aromatic hydroxyl groups is 1. The molecule has 18 heavy (non-hydrogen) atoms. The first kappa shape index (κ1) is 15.1. The van der Waals surface area contributed by atoms with Gasteiger partial charge in [0, 0.05) is 5.41 Å². The fourth-order valence-corrected chi connectivity index (χ4v) is 2.07. The summed E-state index contributed by atoms with van der Waals surface area (Å²) in [7, 11) is 0. The number of hydrogen-bond acceptors (Lipinski definition) is 2. The number of aromatic nitrogens is 2. The fraction of sp³-hybridized carbons (Fsp3) is 0.800. The van der Waals surface area contributed by atoms with E-state index in [9.17, 15) is 5.11 Å². The molecule has 0 spiro atoms. The molecular weight excluding hydrogens is 224 g/mol. The molecule has 1 aromatic heterocycles. The maximum absolute atomic E-state index is 10.5. The zero-order valence-electron chi connectivity index (χ0n) is 13.0. The second-order valence-electron chi connectivity index (χ2n) is 7.08. The Labute approximate surface area is 111 Å². The topological polar surface area (TPSA) is 38.1 Å². The van der Waals surface area contributed by atoms with Crippen LogP contribution in [0.25, 0.3) is 0 Å². The summed E-state index contributed by atoms with van der Waals surface area (Å²) in [5.41, 5.74) is 1.57. The number of hydrogen-bond donors (Lipinski definition) is 1. The summed E-state index contributed by atoms with van der Waals surface area (Å²) >= 11 is 0. The molecule has 0 radical (unpaired) electrons. The Bertz CT molecular complexity index is 405. The molecule has 1 N–H and O–H groups in total. The first-order valence-corrected chi connectivity index (χ1v) is 6.91. The Morgan fingerprint density at radius 3 is 2.06 bits per heavy atom. The van der Waals surface area contributed by atoms with E-state index in [1.54, 1.807) is 0 Å². The molecule has 1 aromatic rings. The third-order valence-corrected chi connectivity index (χ3v) is 3.07. The summed E-state index contributed by atoms with van der Waals surface area (Å²) in [6.07, 6.45) is 3.10. The summed E-state index contributed by atoms with van der Waals surface area (Å²) in [5, 5.41) is 15.1. The number of rotatable bonds is 3. The van der Waals surface area contributed by atoms with Gasteiger partial charge in [0.25, 0.3) is 0 Å². The van der Waals surface area contributed by atoms with Crippen LogP contribution in [-0.4, -0.2) is 14.9 Å². The van der Waals surface area contributed by atoms with Crippen molar-refractivity contribution in [3.63, 3.8) is 0 Å². The molecule has 0 amide bonds. The van der Waals surface area contributed by atoms with Gasteiger partial charge in [0.15, 0.2) is 5.75 Å². The lowest BCUT2D eigenvalue weighted by Gasteiger charge is -2.22. The molecule has 0 fully saturated rings. The maximum Gasteiger partial charge on any atom is 0.160 e. The van der Waals surface area contributed by atoms with E-state index in [2.05, 4.69) is 53.6 Å². The highest BCUT2D eigenvalue weighted by atomic mass is 16.3. The van der Waals surface area contributed by atoms with Crippen LogP contribution in [-0.2, 0) is 17.4 Å². The van der Waals surface area contributed by atoms with Crippen LogP contribution < -0.4 is 0 Å². The van der Waals surface area contributed by atoms with Crippen molar-refractivity contribution in [1.29, 1.82) is 0 Å². The Kier molecular flexibility index (Phi) is 4.14. The first-order valence-electron chi connectivity index (χ1n) is 6.91. The minimum atomic E-state index is -0.123. The van der Waals surface area contributed by atoms with E-state index in [4.69, 9.17) is 0 Å². The van der Waals surface area contributed by atoms with Gasteiger partial charge in [0.2, 0.25) is 0 Å². The van der Waals surface area contributed by atoms with Gasteiger partial charge in [-0.25, -0.2) is 0 Å². The minimum absolute atomic E-state index is 0.0932. The largest absolute Gasteiger partial charge is 0.504 e. The number of unbranched alkanes of at least 4 members (excludes halogenated alkanes) is 1. The molecule has 0 saturated heterocycles. The summed E-state index contributed by atoms with van der Waals surface area (Å²) in [6, 6.07) is 0. The van der Waals surface area contributed by atoms with Crippen LogP contribution in [0.2, 0.25) is 0 Å². The van der Waals surface area contributed by atoms with Gasteiger partial charge >= 0.3 is 0 Å². The molecule has 3 nitrogen and oxygen atoms in total.